The summed E-state index contributed by atoms with van der Waals surface area (Å²) in [5, 5.41) is 17.5. The van der Waals surface area contributed by atoms with E-state index in [-0.39, 0.29) is 5.91 Å². The van der Waals surface area contributed by atoms with Crippen molar-refractivity contribution >= 4 is 11.8 Å². The molecule has 8 heteroatoms. The first-order valence-corrected chi connectivity index (χ1v) is 6.79. The molecular weight excluding hydrogens is 284 g/mol. The molecule has 0 aliphatic heterocycles. The van der Waals surface area contributed by atoms with Crippen molar-refractivity contribution in [2.45, 2.75) is 20.3 Å². The van der Waals surface area contributed by atoms with E-state index in [9.17, 15) is 4.79 Å². The highest BCUT2D eigenvalue weighted by Gasteiger charge is 2.15. The second kappa shape index (κ2) is 5.76. The summed E-state index contributed by atoms with van der Waals surface area (Å²) in [5.41, 5.74) is 2.96. The van der Waals surface area contributed by atoms with Gasteiger partial charge in [-0.2, -0.15) is 0 Å². The quantitative estimate of drug-likeness (QED) is 0.788. The zero-order chi connectivity index (χ0) is 15.5. The van der Waals surface area contributed by atoms with Gasteiger partial charge < -0.3 is 4.52 Å². The third-order valence-corrected chi connectivity index (χ3v) is 3.31. The van der Waals surface area contributed by atoms with Crippen molar-refractivity contribution in [1.29, 1.82) is 0 Å². The summed E-state index contributed by atoms with van der Waals surface area (Å²) in [6.07, 6.45) is 2.23. The molecule has 1 N–H and O–H groups in total. The topological polar surface area (TPSA) is 98.7 Å². The molecule has 0 aliphatic carbocycles. The third kappa shape index (κ3) is 2.58. The lowest BCUT2D eigenvalue weighted by Crippen LogP contribution is -2.12. The maximum absolute atomic E-state index is 12.2. The number of carbonyl (C=O) groups is 1. The Morgan fingerprint density at radius 2 is 2.09 bits per heavy atom. The lowest BCUT2D eigenvalue weighted by molar-refractivity contribution is 0.102. The number of nitrogens with one attached hydrogen (secondary N) is 1. The van der Waals surface area contributed by atoms with Crippen LogP contribution in [0.2, 0.25) is 0 Å². The van der Waals surface area contributed by atoms with E-state index in [1.54, 1.807) is 24.3 Å². The number of carbonyl (C=O) groups excluding carboxylic acids is 1. The average molecular weight is 298 g/mol. The second-order valence-electron chi connectivity index (χ2n) is 4.68. The first-order valence-electron chi connectivity index (χ1n) is 6.79. The molecule has 112 valence electrons. The van der Waals surface area contributed by atoms with Crippen LogP contribution in [0.4, 0.5) is 5.88 Å². The third-order valence-electron chi connectivity index (χ3n) is 3.31. The summed E-state index contributed by atoms with van der Waals surface area (Å²) >= 11 is 0. The van der Waals surface area contributed by atoms with E-state index >= 15 is 0 Å². The lowest BCUT2D eigenvalue weighted by Gasteiger charge is -2.04. The van der Waals surface area contributed by atoms with E-state index in [1.807, 2.05) is 13.8 Å². The molecule has 0 aliphatic rings. The van der Waals surface area contributed by atoms with Crippen LogP contribution in [0.25, 0.3) is 5.69 Å². The van der Waals surface area contributed by atoms with Crippen molar-refractivity contribution in [3.8, 4) is 5.69 Å². The number of amides is 1. The first kappa shape index (κ1) is 13.9. The molecule has 8 nitrogen and oxygen atoms in total. The highest BCUT2D eigenvalue weighted by molar-refractivity contribution is 6.04. The minimum Gasteiger partial charge on any atom is -0.338 e. The van der Waals surface area contributed by atoms with Gasteiger partial charge in [-0.25, -0.2) is 4.68 Å². The van der Waals surface area contributed by atoms with Crippen LogP contribution in [0, 0.1) is 6.92 Å². The van der Waals surface area contributed by atoms with Crippen molar-refractivity contribution in [3.63, 3.8) is 0 Å². The van der Waals surface area contributed by atoms with Crippen LogP contribution in [0.15, 0.2) is 35.1 Å². The van der Waals surface area contributed by atoms with E-state index in [0.717, 1.165) is 23.4 Å². The van der Waals surface area contributed by atoms with Gasteiger partial charge in [-0.15, -0.1) is 5.10 Å². The Balaban J connectivity index is 1.78. The van der Waals surface area contributed by atoms with Gasteiger partial charge in [0.15, 0.2) is 0 Å². The molecule has 0 unspecified atom stereocenters. The highest BCUT2D eigenvalue weighted by Crippen LogP contribution is 2.20. The predicted octanol–water partition coefficient (Wildman–Crippen LogP) is 1.77. The summed E-state index contributed by atoms with van der Waals surface area (Å²) in [5.74, 6) is 0.142. The van der Waals surface area contributed by atoms with Gasteiger partial charge in [-0.05, 0) is 48.0 Å². The Hall–Kier alpha value is -3.03. The van der Waals surface area contributed by atoms with Crippen LogP contribution < -0.4 is 5.32 Å². The fourth-order valence-corrected chi connectivity index (χ4v) is 2.12. The zero-order valence-electron chi connectivity index (χ0n) is 12.1. The Kier molecular flexibility index (Phi) is 3.65. The molecule has 0 saturated heterocycles. The molecule has 2 aromatic heterocycles. The Labute approximate surface area is 126 Å². The SMILES string of the molecule is CCc1c(C)noc1NC(=O)c1ccc(-n2cnnn2)cc1. The minimum absolute atomic E-state index is 0.255. The van der Waals surface area contributed by atoms with Crippen molar-refractivity contribution in [3.05, 3.63) is 47.4 Å². The van der Waals surface area contributed by atoms with Crippen LogP contribution >= 0.6 is 0 Å². The molecule has 0 fully saturated rings. The van der Waals surface area contributed by atoms with Crippen molar-refractivity contribution in [2.75, 3.05) is 5.32 Å². The number of benzene rings is 1. The molecular formula is C14H14N6O2. The second-order valence-corrected chi connectivity index (χ2v) is 4.68. The standard InChI is InChI=1S/C14H14N6O2/c1-3-12-9(2)17-22-14(12)16-13(21)10-4-6-11(7-5-10)20-8-15-18-19-20/h4-8H,3H2,1-2H3,(H,16,21). The van der Waals surface area contributed by atoms with Gasteiger partial charge in [0.25, 0.3) is 5.91 Å². The predicted molar refractivity (Wildman–Crippen MR) is 77.7 cm³/mol. The van der Waals surface area contributed by atoms with Crippen LogP contribution in [-0.2, 0) is 6.42 Å². The van der Waals surface area contributed by atoms with E-state index in [4.69, 9.17) is 4.52 Å². The van der Waals surface area contributed by atoms with Crippen LogP contribution in [0.3, 0.4) is 0 Å². The fourth-order valence-electron chi connectivity index (χ4n) is 2.12. The molecule has 0 saturated carbocycles. The summed E-state index contributed by atoms with van der Waals surface area (Å²) in [7, 11) is 0. The number of tetrazole rings is 1. The number of nitrogens with zero attached hydrogens (tertiary/aromatic N) is 5. The summed E-state index contributed by atoms with van der Waals surface area (Å²) < 4.78 is 6.66. The maximum Gasteiger partial charge on any atom is 0.258 e. The number of anilines is 1. The largest absolute Gasteiger partial charge is 0.338 e. The minimum atomic E-state index is -0.255. The normalized spacial score (nSPS) is 10.6. The summed E-state index contributed by atoms with van der Waals surface area (Å²) in [6, 6.07) is 6.91. The summed E-state index contributed by atoms with van der Waals surface area (Å²) in [6.45, 7) is 3.83. The van der Waals surface area contributed by atoms with Gasteiger partial charge in [-0.3, -0.25) is 10.1 Å². The molecule has 0 spiro atoms. The smallest absolute Gasteiger partial charge is 0.258 e. The zero-order valence-corrected chi connectivity index (χ0v) is 12.1. The first-order chi connectivity index (χ1) is 10.7. The van der Waals surface area contributed by atoms with Gasteiger partial charge in [0.2, 0.25) is 5.88 Å². The Morgan fingerprint density at radius 1 is 1.32 bits per heavy atom. The number of aryl methyl sites for hydroxylation is 1. The monoisotopic (exact) mass is 298 g/mol. The Bertz CT molecular complexity index is 776. The molecule has 0 bridgehead atoms. The van der Waals surface area contributed by atoms with Gasteiger partial charge in [0.05, 0.1) is 11.4 Å². The van der Waals surface area contributed by atoms with E-state index in [1.165, 1.54) is 11.0 Å². The van der Waals surface area contributed by atoms with Gasteiger partial charge in [0.1, 0.15) is 6.33 Å². The number of rotatable bonds is 4. The number of hydrogen-bond donors (Lipinski definition) is 1. The molecule has 0 radical (unpaired) electrons. The number of aromatic nitrogens is 5. The van der Waals surface area contributed by atoms with Crippen LogP contribution in [0.1, 0.15) is 28.5 Å². The van der Waals surface area contributed by atoms with Gasteiger partial charge in [0, 0.05) is 11.1 Å². The number of hydrogen-bond acceptors (Lipinski definition) is 6. The molecule has 3 rings (SSSR count). The average Bonchev–Trinajstić information content (AvgIpc) is 3.18. The highest BCUT2D eigenvalue weighted by atomic mass is 16.5. The van der Waals surface area contributed by atoms with E-state index < -0.39 is 0 Å². The van der Waals surface area contributed by atoms with Gasteiger partial charge >= 0.3 is 0 Å². The molecule has 22 heavy (non-hydrogen) atoms. The maximum atomic E-state index is 12.2. The van der Waals surface area contributed by atoms with Crippen molar-refractivity contribution in [1.82, 2.24) is 25.4 Å². The molecule has 2 heterocycles. The molecule has 1 aromatic carbocycles. The Morgan fingerprint density at radius 3 is 2.73 bits per heavy atom. The fraction of sp³-hybridized carbons (Fsp3) is 0.214. The van der Waals surface area contributed by atoms with Gasteiger partial charge in [-0.1, -0.05) is 12.1 Å². The van der Waals surface area contributed by atoms with Crippen molar-refractivity contribution < 1.29 is 9.32 Å². The summed E-state index contributed by atoms with van der Waals surface area (Å²) in [4.78, 5) is 12.2. The lowest BCUT2D eigenvalue weighted by atomic mass is 10.1. The van der Waals surface area contributed by atoms with Crippen LogP contribution in [0.5, 0.6) is 0 Å². The van der Waals surface area contributed by atoms with E-state index in [2.05, 4.69) is 26.0 Å². The molecule has 1 amide bonds. The van der Waals surface area contributed by atoms with E-state index in [0.29, 0.717) is 11.4 Å². The molecule has 3 aromatic rings. The van der Waals surface area contributed by atoms with Crippen LogP contribution in [-0.4, -0.2) is 31.3 Å². The van der Waals surface area contributed by atoms with Crippen molar-refractivity contribution in [2.24, 2.45) is 0 Å². The molecule has 0 atom stereocenters.